The Bertz CT molecular complexity index is 748. The van der Waals surface area contributed by atoms with E-state index in [0.29, 0.717) is 10.8 Å². The van der Waals surface area contributed by atoms with Crippen molar-refractivity contribution in [1.29, 1.82) is 0 Å². The summed E-state index contributed by atoms with van der Waals surface area (Å²) in [6.45, 7) is 0. The molecule has 0 aliphatic rings. The summed E-state index contributed by atoms with van der Waals surface area (Å²) in [5, 5.41) is 1.26. The number of aromatic nitrogens is 3. The van der Waals surface area contributed by atoms with Crippen LogP contribution in [0.2, 0.25) is 5.02 Å². The smallest absolute Gasteiger partial charge is 0.243 e. The molecular formula is C13H9ClN4O. The van der Waals surface area contributed by atoms with Gasteiger partial charge < -0.3 is 10.5 Å². The summed E-state index contributed by atoms with van der Waals surface area (Å²) in [5.41, 5.74) is 6.39. The van der Waals surface area contributed by atoms with Crippen LogP contribution in [0.4, 0.5) is 5.95 Å². The fourth-order valence-electron chi connectivity index (χ4n) is 1.65. The standard InChI is InChI=1S/C13H9ClN4O/c14-10-7-17-13(15)18-12(10)19-9-5-8-3-1-2-4-11(8)16-6-9/h1-7H,(H2,15,17,18). The van der Waals surface area contributed by atoms with E-state index in [-0.39, 0.29) is 11.8 Å². The number of anilines is 1. The van der Waals surface area contributed by atoms with Crippen molar-refractivity contribution in [3.63, 3.8) is 0 Å². The molecule has 2 N–H and O–H groups in total. The molecule has 0 amide bonds. The lowest BCUT2D eigenvalue weighted by Gasteiger charge is -2.07. The highest BCUT2D eigenvalue weighted by atomic mass is 35.5. The molecule has 6 heteroatoms. The molecular weight excluding hydrogens is 264 g/mol. The monoisotopic (exact) mass is 272 g/mol. The Kier molecular flexibility index (Phi) is 2.89. The molecule has 0 aliphatic carbocycles. The summed E-state index contributed by atoms with van der Waals surface area (Å²) in [6, 6.07) is 9.60. The van der Waals surface area contributed by atoms with E-state index in [4.69, 9.17) is 22.1 Å². The normalized spacial score (nSPS) is 10.6. The first-order chi connectivity index (χ1) is 9.22. The summed E-state index contributed by atoms with van der Waals surface area (Å²) < 4.78 is 5.57. The SMILES string of the molecule is Nc1ncc(Cl)c(Oc2cnc3ccccc3c2)n1. The number of hydrogen-bond acceptors (Lipinski definition) is 5. The molecule has 2 heterocycles. The van der Waals surface area contributed by atoms with Crippen molar-refractivity contribution in [3.8, 4) is 11.6 Å². The highest BCUT2D eigenvalue weighted by Gasteiger charge is 2.07. The molecule has 0 aliphatic heterocycles. The second kappa shape index (κ2) is 4.70. The van der Waals surface area contributed by atoms with Crippen LogP contribution in [-0.4, -0.2) is 15.0 Å². The van der Waals surface area contributed by atoms with E-state index in [0.717, 1.165) is 10.9 Å². The summed E-state index contributed by atoms with van der Waals surface area (Å²) in [5.74, 6) is 0.859. The van der Waals surface area contributed by atoms with Gasteiger partial charge in [0.15, 0.2) is 0 Å². The minimum atomic E-state index is 0.105. The van der Waals surface area contributed by atoms with Crippen molar-refractivity contribution in [2.24, 2.45) is 0 Å². The molecule has 0 unspecified atom stereocenters. The maximum absolute atomic E-state index is 5.94. The Hall–Kier alpha value is -2.40. The van der Waals surface area contributed by atoms with E-state index >= 15 is 0 Å². The Morgan fingerprint density at radius 2 is 1.95 bits per heavy atom. The van der Waals surface area contributed by atoms with Gasteiger partial charge in [-0.15, -0.1) is 0 Å². The van der Waals surface area contributed by atoms with E-state index in [9.17, 15) is 0 Å². The Labute approximate surface area is 114 Å². The number of pyridine rings is 1. The van der Waals surface area contributed by atoms with E-state index in [2.05, 4.69) is 15.0 Å². The molecule has 0 bridgehead atoms. The number of hydrogen-bond donors (Lipinski definition) is 1. The van der Waals surface area contributed by atoms with Crippen molar-refractivity contribution < 1.29 is 4.74 Å². The van der Waals surface area contributed by atoms with Crippen LogP contribution in [0.15, 0.2) is 42.7 Å². The van der Waals surface area contributed by atoms with Gasteiger partial charge in [-0.05, 0) is 12.1 Å². The Morgan fingerprint density at radius 1 is 1.11 bits per heavy atom. The minimum absolute atomic E-state index is 0.105. The van der Waals surface area contributed by atoms with Crippen molar-refractivity contribution in [1.82, 2.24) is 15.0 Å². The van der Waals surface area contributed by atoms with Crippen molar-refractivity contribution in [3.05, 3.63) is 47.7 Å². The van der Waals surface area contributed by atoms with Gasteiger partial charge in [0.1, 0.15) is 10.8 Å². The molecule has 3 rings (SSSR count). The molecule has 2 aromatic heterocycles. The molecule has 0 saturated heterocycles. The summed E-state index contributed by atoms with van der Waals surface area (Å²) in [6.07, 6.45) is 3.00. The van der Waals surface area contributed by atoms with Crippen LogP contribution in [0, 0.1) is 0 Å². The third-order valence-corrected chi connectivity index (χ3v) is 2.77. The molecule has 0 fully saturated rings. The lowest BCUT2D eigenvalue weighted by atomic mass is 10.2. The molecule has 5 nitrogen and oxygen atoms in total. The summed E-state index contributed by atoms with van der Waals surface area (Å²) in [4.78, 5) is 12.0. The second-order valence-corrected chi connectivity index (χ2v) is 4.25. The maximum atomic E-state index is 5.94. The molecule has 19 heavy (non-hydrogen) atoms. The number of para-hydroxylation sites is 1. The minimum Gasteiger partial charge on any atom is -0.436 e. The molecule has 0 atom stereocenters. The lowest BCUT2D eigenvalue weighted by Crippen LogP contribution is -1.97. The highest BCUT2D eigenvalue weighted by Crippen LogP contribution is 2.28. The second-order valence-electron chi connectivity index (χ2n) is 3.85. The van der Waals surface area contributed by atoms with E-state index in [1.165, 1.54) is 6.20 Å². The average Bonchev–Trinajstić information content (AvgIpc) is 2.43. The number of rotatable bonds is 2. The number of fused-ring (bicyclic) bond motifs is 1. The zero-order valence-corrected chi connectivity index (χ0v) is 10.5. The number of halogens is 1. The first-order valence-electron chi connectivity index (χ1n) is 5.53. The van der Waals surface area contributed by atoms with Crippen molar-refractivity contribution in [2.75, 3.05) is 5.73 Å². The summed E-state index contributed by atoms with van der Waals surface area (Å²) in [7, 11) is 0. The average molecular weight is 273 g/mol. The topological polar surface area (TPSA) is 73.9 Å². The van der Waals surface area contributed by atoms with Crippen molar-refractivity contribution in [2.45, 2.75) is 0 Å². The van der Waals surface area contributed by atoms with Gasteiger partial charge >= 0.3 is 0 Å². The molecule has 1 aromatic carbocycles. The van der Waals surface area contributed by atoms with Gasteiger partial charge in [0.25, 0.3) is 0 Å². The van der Waals surface area contributed by atoms with Gasteiger partial charge in [0.05, 0.1) is 17.9 Å². The third kappa shape index (κ3) is 2.41. The first-order valence-corrected chi connectivity index (χ1v) is 5.91. The van der Waals surface area contributed by atoms with Crippen LogP contribution in [0.5, 0.6) is 11.6 Å². The van der Waals surface area contributed by atoms with Gasteiger partial charge in [-0.25, -0.2) is 4.98 Å². The van der Waals surface area contributed by atoms with Gasteiger partial charge in [0, 0.05) is 5.39 Å². The number of nitrogens with two attached hydrogens (primary N) is 1. The zero-order valence-electron chi connectivity index (χ0n) is 9.75. The number of benzene rings is 1. The van der Waals surface area contributed by atoms with Gasteiger partial charge in [-0.2, -0.15) is 4.98 Å². The van der Waals surface area contributed by atoms with Crippen molar-refractivity contribution >= 4 is 28.5 Å². The Balaban J connectivity index is 1.98. The van der Waals surface area contributed by atoms with Crippen LogP contribution >= 0.6 is 11.6 Å². The highest BCUT2D eigenvalue weighted by molar-refractivity contribution is 6.31. The van der Waals surface area contributed by atoms with Crippen LogP contribution < -0.4 is 10.5 Å². The quantitative estimate of drug-likeness (QED) is 0.776. The molecule has 3 aromatic rings. The maximum Gasteiger partial charge on any atom is 0.243 e. The van der Waals surface area contributed by atoms with Crippen LogP contribution in [0.3, 0.4) is 0 Å². The number of nitrogens with zero attached hydrogens (tertiary/aromatic N) is 3. The van der Waals surface area contributed by atoms with Gasteiger partial charge in [0.2, 0.25) is 11.8 Å². The molecule has 0 saturated carbocycles. The predicted molar refractivity (Wildman–Crippen MR) is 73.3 cm³/mol. The molecule has 0 spiro atoms. The molecule has 0 radical (unpaired) electrons. The van der Waals surface area contributed by atoms with E-state index in [1.54, 1.807) is 6.20 Å². The first kappa shape index (κ1) is 11.7. The number of ether oxygens (including phenoxy) is 1. The summed E-state index contributed by atoms with van der Waals surface area (Å²) >= 11 is 5.94. The number of nitrogen functional groups attached to an aromatic ring is 1. The van der Waals surface area contributed by atoms with E-state index < -0.39 is 0 Å². The predicted octanol–water partition coefficient (Wildman–Crippen LogP) is 3.05. The van der Waals surface area contributed by atoms with Gasteiger partial charge in [-0.3, -0.25) is 4.98 Å². The molecule has 94 valence electrons. The lowest BCUT2D eigenvalue weighted by molar-refractivity contribution is 0.461. The van der Waals surface area contributed by atoms with E-state index in [1.807, 2.05) is 30.3 Å². The largest absolute Gasteiger partial charge is 0.436 e. The fourth-order valence-corrected chi connectivity index (χ4v) is 1.78. The van der Waals surface area contributed by atoms with Gasteiger partial charge in [-0.1, -0.05) is 29.8 Å². The third-order valence-electron chi connectivity index (χ3n) is 2.51. The Morgan fingerprint density at radius 3 is 2.84 bits per heavy atom. The fraction of sp³-hybridized carbons (Fsp3) is 0. The zero-order chi connectivity index (χ0) is 13.2. The van der Waals surface area contributed by atoms with Crippen LogP contribution in [0.1, 0.15) is 0 Å². The van der Waals surface area contributed by atoms with Crippen LogP contribution in [0.25, 0.3) is 10.9 Å². The van der Waals surface area contributed by atoms with Crippen LogP contribution in [-0.2, 0) is 0 Å².